The third-order valence-corrected chi connectivity index (χ3v) is 4.26. The number of rotatable bonds is 6. The second-order valence-corrected chi connectivity index (χ2v) is 7.71. The van der Waals surface area contributed by atoms with Gasteiger partial charge in [0.1, 0.15) is 23.7 Å². The van der Waals surface area contributed by atoms with E-state index in [0.717, 1.165) is 22.4 Å². The van der Waals surface area contributed by atoms with Crippen LogP contribution in [0.4, 0.5) is 0 Å². The summed E-state index contributed by atoms with van der Waals surface area (Å²) in [5.74, 6) is 0.996. The summed E-state index contributed by atoms with van der Waals surface area (Å²) in [7, 11) is 1.63. The number of hydrogen-bond donors (Lipinski definition) is 0. The van der Waals surface area contributed by atoms with Gasteiger partial charge >= 0.3 is 5.97 Å². The fraction of sp³-hybridized carbons (Fsp3) is 0.240. The van der Waals surface area contributed by atoms with Crippen molar-refractivity contribution < 1.29 is 19.0 Å². The molecular formula is C25H26O4. The van der Waals surface area contributed by atoms with Crippen LogP contribution >= 0.6 is 0 Å². The van der Waals surface area contributed by atoms with Gasteiger partial charge < -0.3 is 14.2 Å². The van der Waals surface area contributed by atoms with Crippen LogP contribution in [0, 0.1) is 0 Å². The average molecular weight is 390 g/mol. The molecule has 4 nitrogen and oxygen atoms in total. The monoisotopic (exact) mass is 390 g/mol. The molecule has 0 aliphatic heterocycles. The van der Waals surface area contributed by atoms with Gasteiger partial charge in [-0.25, -0.2) is 4.79 Å². The second kappa shape index (κ2) is 8.82. The van der Waals surface area contributed by atoms with Gasteiger partial charge in [-0.3, -0.25) is 0 Å². The van der Waals surface area contributed by atoms with Crippen LogP contribution in [0.15, 0.2) is 72.8 Å². The Balaban J connectivity index is 1.92. The lowest BCUT2D eigenvalue weighted by Crippen LogP contribution is -2.24. The van der Waals surface area contributed by atoms with Crippen molar-refractivity contribution in [2.45, 2.75) is 33.0 Å². The van der Waals surface area contributed by atoms with Crippen molar-refractivity contribution in [3.05, 3.63) is 83.9 Å². The summed E-state index contributed by atoms with van der Waals surface area (Å²) in [6.07, 6.45) is 0. The Bertz CT molecular complexity index is 954. The number of ether oxygens (including phenoxy) is 3. The largest absolute Gasteiger partial charge is 0.497 e. The van der Waals surface area contributed by atoms with Crippen molar-refractivity contribution in [1.82, 2.24) is 0 Å². The van der Waals surface area contributed by atoms with Crippen molar-refractivity contribution in [2.75, 3.05) is 7.11 Å². The van der Waals surface area contributed by atoms with Crippen LogP contribution in [0.25, 0.3) is 11.1 Å². The molecule has 3 aromatic rings. The molecule has 4 heteroatoms. The molecule has 3 rings (SSSR count). The fourth-order valence-corrected chi connectivity index (χ4v) is 2.88. The minimum atomic E-state index is -0.588. The van der Waals surface area contributed by atoms with Crippen LogP contribution in [0.3, 0.4) is 0 Å². The van der Waals surface area contributed by atoms with Crippen LogP contribution in [0.2, 0.25) is 0 Å². The highest BCUT2D eigenvalue weighted by atomic mass is 16.6. The first-order valence-corrected chi connectivity index (χ1v) is 9.54. The van der Waals surface area contributed by atoms with Gasteiger partial charge in [-0.1, -0.05) is 42.5 Å². The number of benzene rings is 3. The van der Waals surface area contributed by atoms with Crippen molar-refractivity contribution >= 4 is 5.97 Å². The molecule has 0 aromatic heterocycles. The standard InChI is InChI=1S/C25H26O4/c1-25(2,3)29-24(26)23-16-21(28-17-18-8-6-5-7-9-18)14-15-22(23)19-10-12-20(27-4)13-11-19/h5-16H,17H2,1-4H3. The molecule has 150 valence electrons. The second-order valence-electron chi connectivity index (χ2n) is 7.71. The molecule has 0 aliphatic rings. The SMILES string of the molecule is COc1ccc(-c2ccc(OCc3ccccc3)cc2C(=O)OC(C)(C)C)cc1. The Hall–Kier alpha value is -3.27. The summed E-state index contributed by atoms with van der Waals surface area (Å²) in [6, 6.07) is 23.0. The average Bonchev–Trinajstić information content (AvgIpc) is 2.72. The first-order valence-electron chi connectivity index (χ1n) is 9.54. The van der Waals surface area contributed by atoms with E-state index in [4.69, 9.17) is 14.2 Å². The minimum Gasteiger partial charge on any atom is -0.497 e. The topological polar surface area (TPSA) is 44.8 Å². The van der Waals surface area contributed by atoms with Crippen molar-refractivity contribution in [2.24, 2.45) is 0 Å². The molecule has 0 spiro atoms. The Morgan fingerprint density at radius 1 is 0.862 bits per heavy atom. The van der Waals surface area contributed by atoms with Gasteiger partial charge in [-0.05, 0) is 67.8 Å². The molecule has 0 amide bonds. The Morgan fingerprint density at radius 2 is 1.52 bits per heavy atom. The lowest BCUT2D eigenvalue weighted by atomic mass is 9.99. The van der Waals surface area contributed by atoms with E-state index in [1.165, 1.54) is 0 Å². The van der Waals surface area contributed by atoms with Gasteiger partial charge in [0.05, 0.1) is 12.7 Å². The molecule has 0 fully saturated rings. The smallest absolute Gasteiger partial charge is 0.339 e. The van der Waals surface area contributed by atoms with Gasteiger partial charge in [0, 0.05) is 0 Å². The van der Waals surface area contributed by atoms with Crippen LogP contribution < -0.4 is 9.47 Å². The molecule has 0 bridgehead atoms. The van der Waals surface area contributed by atoms with Gasteiger partial charge in [0.25, 0.3) is 0 Å². The van der Waals surface area contributed by atoms with Crippen LogP contribution in [-0.4, -0.2) is 18.7 Å². The van der Waals surface area contributed by atoms with E-state index < -0.39 is 5.60 Å². The molecule has 3 aromatic carbocycles. The maximum absolute atomic E-state index is 12.9. The highest BCUT2D eigenvalue weighted by Crippen LogP contribution is 2.30. The number of carbonyl (C=O) groups excluding carboxylic acids is 1. The van der Waals surface area contributed by atoms with Gasteiger partial charge in [0.2, 0.25) is 0 Å². The summed E-state index contributed by atoms with van der Waals surface area (Å²) in [6.45, 7) is 5.99. The molecule has 0 N–H and O–H groups in total. The zero-order valence-electron chi connectivity index (χ0n) is 17.3. The van der Waals surface area contributed by atoms with E-state index >= 15 is 0 Å². The highest BCUT2D eigenvalue weighted by molar-refractivity contribution is 5.98. The first-order chi connectivity index (χ1) is 13.9. The van der Waals surface area contributed by atoms with E-state index in [-0.39, 0.29) is 5.97 Å². The molecule has 0 atom stereocenters. The van der Waals surface area contributed by atoms with Crippen LogP contribution in [0.1, 0.15) is 36.7 Å². The van der Waals surface area contributed by atoms with E-state index in [2.05, 4.69) is 0 Å². The summed E-state index contributed by atoms with van der Waals surface area (Å²) in [5, 5.41) is 0. The van der Waals surface area contributed by atoms with Crippen LogP contribution in [-0.2, 0) is 11.3 Å². The maximum Gasteiger partial charge on any atom is 0.339 e. The van der Waals surface area contributed by atoms with Gasteiger partial charge in [-0.2, -0.15) is 0 Å². The number of hydrogen-bond acceptors (Lipinski definition) is 4. The molecule has 0 saturated heterocycles. The Morgan fingerprint density at radius 3 is 2.14 bits per heavy atom. The van der Waals surface area contributed by atoms with Crippen LogP contribution in [0.5, 0.6) is 11.5 Å². The summed E-state index contributed by atoms with van der Waals surface area (Å²) in [4.78, 5) is 12.9. The molecule has 0 saturated carbocycles. The molecular weight excluding hydrogens is 364 g/mol. The minimum absolute atomic E-state index is 0.381. The van der Waals surface area contributed by atoms with E-state index in [1.54, 1.807) is 13.2 Å². The zero-order valence-corrected chi connectivity index (χ0v) is 17.3. The molecule has 0 radical (unpaired) electrons. The molecule has 0 heterocycles. The highest BCUT2D eigenvalue weighted by Gasteiger charge is 2.22. The fourth-order valence-electron chi connectivity index (χ4n) is 2.88. The van der Waals surface area contributed by atoms with Crippen molar-refractivity contribution in [1.29, 1.82) is 0 Å². The van der Waals surface area contributed by atoms with Crippen molar-refractivity contribution in [3.63, 3.8) is 0 Å². The molecule has 0 aliphatic carbocycles. The van der Waals surface area contributed by atoms with Crippen molar-refractivity contribution in [3.8, 4) is 22.6 Å². The third-order valence-electron chi connectivity index (χ3n) is 4.26. The number of esters is 1. The third kappa shape index (κ3) is 5.61. The predicted octanol–water partition coefficient (Wildman–Crippen LogP) is 5.90. The van der Waals surface area contributed by atoms with Gasteiger partial charge in [0.15, 0.2) is 0 Å². The summed E-state index contributed by atoms with van der Waals surface area (Å²) < 4.78 is 16.8. The summed E-state index contributed by atoms with van der Waals surface area (Å²) in [5.41, 5.74) is 2.63. The molecule has 0 unspecified atom stereocenters. The summed E-state index contributed by atoms with van der Waals surface area (Å²) >= 11 is 0. The number of methoxy groups -OCH3 is 1. The first kappa shape index (κ1) is 20.5. The Kier molecular flexibility index (Phi) is 6.23. The zero-order chi connectivity index (χ0) is 20.9. The lowest BCUT2D eigenvalue weighted by molar-refractivity contribution is 0.00700. The molecule has 29 heavy (non-hydrogen) atoms. The van der Waals surface area contributed by atoms with E-state index in [9.17, 15) is 4.79 Å². The maximum atomic E-state index is 12.9. The lowest BCUT2D eigenvalue weighted by Gasteiger charge is -2.21. The predicted molar refractivity (Wildman–Crippen MR) is 114 cm³/mol. The van der Waals surface area contributed by atoms with E-state index in [0.29, 0.717) is 17.9 Å². The normalized spacial score (nSPS) is 11.0. The quantitative estimate of drug-likeness (QED) is 0.492. The Labute approximate surface area is 172 Å². The van der Waals surface area contributed by atoms with Gasteiger partial charge in [-0.15, -0.1) is 0 Å². The van der Waals surface area contributed by atoms with E-state index in [1.807, 2.05) is 87.5 Å². The number of carbonyl (C=O) groups is 1.